The van der Waals surface area contributed by atoms with E-state index in [1.807, 2.05) is 0 Å². The molecule has 0 fully saturated rings. The third-order valence-electron chi connectivity index (χ3n) is 1.21. The lowest BCUT2D eigenvalue weighted by Crippen LogP contribution is -1.92. The average Bonchev–Trinajstić information content (AvgIpc) is 1.89. The highest BCUT2D eigenvalue weighted by atomic mass is 14.7. The van der Waals surface area contributed by atoms with Crippen LogP contribution in [0.4, 0.5) is 5.69 Å². The molecule has 47 valence electrons. The first-order valence-corrected chi connectivity index (χ1v) is 2.82. The topological polar surface area (TPSA) is 38.9 Å². The number of aromatic nitrogens is 1. The lowest BCUT2D eigenvalue weighted by atomic mass is 10.2. The molecule has 2 N–H and O–H groups in total. The van der Waals surface area contributed by atoms with Crippen molar-refractivity contribution in [2.45, 2.75) is 6.42 Å². The fraction of sp³-hybridized carbons (Fsp3) is 0.143. The second kappa shape index (κ2) is 2.49. The van der Waals surface area contributed by atoms with Gasteiger partial charge in [0.1, 0.15) is 0 Å². The Hall–Kier alpha value is -1.05. The van der Waals surface area contributed by atoms with E-state index in [1.165, 1.54) is 0 Å². The summed E-state index contributed by atoms with van der Waals surface area (Å²) < 4.78 is 0. The van der Waals surface area contributed by atoms with E-state index in [0.717, 1.165) is 11.3 Å². The van der Waals surface area contributed by atoms with Crippen molar-refractivity contribution in [3.05, 3.63) is 30.9 Å². The van der Waals surface area contributed by atoms with E-state index in [0.29, 0.717) is 6.42 Å². The Balaban J connectivity index is 3.01. The van der Waals surface area contributed by atoms with Crippen LogP contribution in [0.25, 0.3) is 0 Å². The number of hydrogen-bond acceptors (Lipinski definition) is 2. The number of hydrogen-bond donors (Lipinski definition) is 1. The van der Waals surface area contributed by atoms with Gasteiger partial charge in [-0.2, -0.15) is 0 Å². The van der Waals surface area contributed by atoms with Gasteiger partial charge in [-0.05, 0) is 25.0 Å². The van der Waals surface area contributed by atoms with Gasteiger partial charge < -0.3 is 5.73 Å². The molecule has 0 atom stereocenters. The van der Waals surface area contributed by atoms with Gasteiger partial charge in [0, 0.05) is 18.1 Å². The minimum absolute atomic E-state index is 0.708. The molecule has 0 saturated heterocycles. The summed E-state index contributed by atoms with van der Waals surface area (Å²) in [4.78, 5) is 3.90. The number of nitrogen functional groups attached to an aromatic ring is 1. The van der Waals surface area contributed by atoms with Gasteiger partial charge in [-0.1, -0.05) is 0 Å². The van der Waals surface area contributed by atoms with Crippen LogP contribution in [0.5, 0.6) is 0 Å². The first kappa shape index (κ1) is 6.08. The quantitative estimate of drug-likeness (QED) is 0.603. The van der Waals surface area contributed by atoms with Crippen LogP contribution in [-0.4, -0.2) is 4.98 Å². The molecule has 1 rings (SSSR count). The standard InChI is InChI=1S/C7H9N2/c1-2-6-5-9-4-3-7(6)8/h3-5H,1-2H2,(H2,8,9). The first-order valence-electron chi connectivity index (χ1n) is 2.82. The highest BCUT2D eigenvalue weighted by Crippen LogP contribution is 2.07. The Morgan fingerprint density at radius 2 is 2.44 bits per heavy atom. The fourth-order valence-corrected chi connectivity index (χ4v) is 0.647. The summed E-state index contributed by atoms with van der Waals surface area (Å²) in [6.45, 7) is 3.70. The molecule has 0 aromatic carbocycles. The summed E-state index contributed by atoms with van der Waals surface area (Å²) in [5.41, 5.74) is 7.34. The van der Waals surface area contributed by atoms with Crippen LogP contribution in [0.1, 0.15) is 5.56 Å². The Morgan fingerprint density at radius 1 is 1.67 bits per heavy atom. The van der Waals surface area contributed by atoms with E-state index >= 15 is 0 Å². The molecule has 0 bridgehead atoms. The van der Waals surface area contributed by atoms with Crippen molar-refractivity contribution in [2.75, 3.05) is 5.73 Å². The van der Waals surface area contributed by atoms with Crippen LogP contribution in [-0.2, 0) is 6.42 Å². The molecular weight excluding hydrogens is 112 g/mol. The van der Waals surface area contributed by atoms with Crippen LogP contribution in [0.15, 0.2) is 18.5 Å². The van der Waals surface area contributed by atoms with Crippen molar-refractivity contribution in [1.82, 2.24) is 4.98 Å². The molecule has 1 heterocycles. The highest BCUT2D eigenvalue weighted by Gasteiger charge is 1.91. The van der Waals surface area contributed by atoms with Crippen LogP contribution >= 0.6 is 0 Å². The molecule has 1 radical (unpaired) electrons. The Labute approximate surface area is 54.7 Å². The first-order chi connectivity index (χ1) is 4.34. The second-order valence-corrected chi connectivity index (χ2v) is 1.82. The van der Waals surface area contributed by atoms with Crippen LogP contribution in [0.2, 0.25) is 0 Å². The maximum Gasteiger partial charge on any atom is 0.0377 e. The zero-order valence-electron chi connectivity index (χ0n) is 5.17. The molecule has 0 aliphatic heterocycles. The predicted molar refractivity (Wildman–Crippen MR) is 37.7 cm³/mol. The van der Waals surface area contributed by atoms with Crippen LogP contribution < -0.4 is 5.73 Å². The average molecular weight is 121 g/mol. The molecule has 2 nitrogen and oxygen atoms in total. The summed E-state index contributed by atoms with van der Waals surface area (Å²) in [7, 11) is 0. The lowest BCUT2D eigenvalue weighted by molar-refractivity contribution is 1.20. The van der Waals surface area contributed by atoms with Crippen molar-refractivity contribution in [3.63, 3.8) is 0 Å². The Morgan fingerprint density at radius 3 is 2.89 bits per heavy atom. The summed E-state index contributed by atoms with van der Waals surface area (Å²) in [6, 6.07) is 1.78. The van der Waals surface area contributed by atoms with Gasteiger partial charge >= 0.3 is 0 Å². The number of rotatable bonds is 1. The van der Waals surface area contributed by atoms with E-state index in [2.05, 4.69) is 11.9 Å². The van der Waals surface area contributed by atoms with E-state index in [-0.39, 0.29) is 0 Å². The summed E-state index contributed by atoms with van der Waals surface area (Å²) in [5, 5.41) is 0. The van der Waals surface area contributed by atoms with E-state index < -0.39 is 0 Å². The SMILES string of the molecule is [CH2]Cc1cnccc1N. The van der Waals surface area contributed by atoms with Crippen LogP contribution in [0.3, 0.4) is 0 Å². The van der Waals surface area contributed by atoms with Crippen molar-refractivity contribution in [2.24, 2.45) is 0 Å². The van der Waals surface area contributed by atoms with Gasteiger partial charge in [0.15, 0.2) is 0 Å². The molecule has 0 unspecified atom stereocenters. The summed E-state index contributed by atoms with van der Waals surface area (Å²) in [6.07, 6.45) is 4.12. The smallest absolute Gasteiger partial charge is 0.0377 e. The van der Waals surface area contributed by atoms with E-state index in [1.54, 1.807) is 18.5 Å². The van der Waals surface area contributed by atoms with E-state index in [4.69, 9.17) is 5.73 Å². The maximum absolute atomic E-state index is 5.55. The van der Waals surface area contributed by atoms with Crippen molar-refractivity contribution < 1.29 is 0 Å². The monoisotopic (exact) mass is 121 g/mol. The number of pyridine rings is 1. The normalized spacial score (nSPS) is 9.44. The van der Waals surface area contributed by atoms with Crippen molar-refractivity contribution in [1.29, 1.82) is 0 Å². The van der Waals surface area contributed by atoms with E-state index in [9.17, 15) is 0 Å². The fourth-order valence-electron chi connectivity index (χ4n) is 0.647. The zero-order chi connectivity index (χ0) is 6.69. The minimum Gasteiger partial charge on any atom is -0.398 e. The zero-order valence-corrected chi connectivity index (χ0v) is 5.17. The number of anilines is 1. The molecular formula is C7H9N2. The van der Waals surface area contributed by atoms with Crippen molar-refractivity contribution in [3.8, 4) is 0 Å². The molecule has 9 heavy (non-hydrogen) atoms. The minimum atomic E-state index is 0.708. The highest BCUT2D eigenvalue weighted by molar-refractivity contribution is 5.44. The van der Waals surface area contributed by atoms with Gasteiger partial charge in [0.05, 0.1) is 0 Å². The van der Waals surface area contributed by atoms with Gasteiger partial charge in [0.2, 0.25) is 0 Å². The second-order valence-electron chi connectivity index (χ2n) is 1.82. The molecule has 1 aromatic rings. The molecule has 1 aromatic heterocycles. The van der Waals surface area contributed by atoms with Gasteiger partial charge in [0.25, 0.3) is 0 Å². The molecule has 0 amide bonds. The van der Waals surface area contributed by atoms with Gasteiger partial charge in [-0.3, -0.25) is 4.98 Å². The Kier molecular flexibility index (Phi) is 1.68. The molecule has 2 heteroatoms. The lowest BCUT2D eigenvalue weighted by Gasteiger charge is -1.97. The Bertz CT molecular complexity index is 196. The molecule has 0 spiro atoms. The molecule has 0 saturated carbocycles. The van der Waals surface area contributed by atoms with Crippen LogP contribution in [0, 0.1) is 6.92 Å². The van der Waals surface area contributed by atoms with Gasteiger partial charge in [-0.25, -0.2) is 0 Å². The maximum atomic E-state index is 5.55. The summed E-state index contributed by atoms with van der Waals surface area (Å²) >= 11 is 0. The molecule has 0 aliphatic rings. The number of nitrogens with two attached hydrogens (primary N) is 1. The molecule has 0 aliphatic carbocycles. The summed E-state index contributed by atoms with van der Waals surface area (Å²) in [5.74, 6) is 0. The largest absolute Gasteiger partial charge is 0.398 e. The third kappa shape index (κ3) is 1.19. The third-order valence-corrected chi connectivity index (χ3v) is 1.21. The predicted octanol–water partition coefficient (Wildman–Crippen LogP) is 1.04. The number of nitrogens with zero attached hydrogens (tertiary/aromatic N) is 1. The van der Waals surface area contributed by atoms with Crippen molar-refractivity contribution >= 4 is 5.69 Å². The van der Waals surface area contributed by atoms with Gasteiger partial charge in [-0.15, -0.1) is 0 Å².